The number of hydrogen-bond acceptors (Lipinski definition) is 4. The topological polar surface area (TPSA) is 73.8 Å². The third-order valence-corrected chi connectivity index (χ3v) is 4.09. The molecule has 0 aliphatic heterocycles. The predicted molar refractivity (Wildman–Crippen MR) is 90.2 cm³/mol. The van der Waals surface area contributed by atoms with Crippen molar-refractivity contribution in [2.24, 2.45) is 14.1 Å². The molecule has 0 radical (unpaired) electrons. The number of rotatable bonds is 4. The van der Waals surface area contributed by atoms with Crippen LogP contribution >= 0.6 is 11.6 Å². The standard InChI is InChI=1S/C15H16ClN5O2/c1-19-13-12(14(22)20(2)15(19)23)21(9-18-13)8-7-17-11-6-4-3-5-10(11)16/h3-6,9,17H,7-8H2,1-2H3. The van der Waals surface area contributed by atoms with Gasteiger partial charge in [0.05, 0.1) is 17.0 Å². The van der Waals surface area contributed by atoms with E-state index in [0.717, 1.165) is 10.3 Å². The zero-order valence-corrected chi connectivity index (χ0v) is 13.5. The van der Waals surface area contributed by atoms with E-state index in [9.17, 15) is 9.59 Å². The van der Waals surface area contributed by atoms with Crippen molar-refractivity contribution in [3.63, 3.8) is 0 Å². The average Bonchev–Trinajstić information content (AvgIpc) is 2.97. The van der Waals surface area contributed by atoms with E-state index in [4.69, 9.17) is 11.6 Å². The van der Waals surface area contributed by atoms with Gasteiger partial charge < -0.3 is 9.88 Å². The van der Waals surface area contributed by atoms with Crippen molar-refractivity contribution in [1.82, 2.24) is 18.7 Å². The molecule has 8 heteroatoms. The van der Waals surface area contributed by atoms with Crippen LogP contribution in [-0.4, -0.2) is 25.2 Å². The van der Waals surface area contributed by atoms with E-state index in [1.807, 2.05) is 24.3 Å². The van der Waals surface area contributed by atoms with Crippen molar-refractivity contribution in [2.75, 3.05) is 11.9 Å². The molecule has 0 aliphatic rings. The first-order valence-electron chi connectivity index (χ1n) is 7.10. The molecular formula is C15H16ClN5O2. The highest BCUT2D eigenvalue weighted by atomic mass is 35.5. The molecule has 1 N–H and O–H groups in total. The van der Waals surface area contributed by atoms with E-state index in [-0.39, 0.29) is 11.2 Å². The number of para-hydroxylation sites is 1. The Morgan fingerprint density at radius 3 is 2.65 bits per heavy atom. The van der Waals surface area contributed by atoms with Gasteiger partial charge in [0, 0.05) is 27.2 Å². The molecule has 0 spiro atoms. The Hall–Kier alpha value is -2.54. The minimum atomic E-state index is -0.387. The Balaban J connectivity index is 1.89. The summed E-state index contributed by atoms with van der Waals surface area (Å²) in [6.45, 7) is 1.09. The van der Waals surface area contributed by atoms with Gasteiger partial charge in [0.2, 0.25) is 0 Å². The van der Waals surface area contributed by atoms with Crippen molar-refractivity contribution in [3.05, 3.63) is 56.5 Å². The molecule has 3 rings (SSSR count). The second-order valence-electron chi connectivity index (χ2n) is 5.22. The quantitative estimate of drug-likeness (QED) is 0.778. The van der Waals surface area contributed by atoms with Gasteiger partial charge in [-0.15, -0.1) is 0 Å². The summed E-state index contributed by atoms with van der Waals surface area (Å²) in [5, 5.41) is 3.86. The van der Waals surface area contributed by atoms with Crippen LogP contribution in [0.25, 0.3) is 11.2 Å². The highest BCUT2D eigenvalue weighted by Gasteiger charge is 2.13. The number of anilines is 1. The number of fused-ring (bicyclic) bond motifs is 1. The molecule has 2 aromatic heterocycles. The van der Waals surface area contributed by atoms with Crippen molar-refractivity contribution in [1.29, 1.82) is 0 Å². The summed E-state index contributed by atoms with van der Waals surface area (Å²) in [6, 6.07) is 7.45. The summed E-state index contributed by atoms with van der Waals surface area (Å²) in [6.07, 6.45) is 1.57. The van der Waals surface area contributed by atoms with Gasteiger partial charge in [0.15, 0.2) is 11.2 Å². The average molecular weight is 334 g/mol. The van der Waals surface area contributed by atoms with Gasteiger partial charge in [0.1, 0.15) is 0 Å². The fourth-order valence-corrected chi connectivity index (χ4v) is 2.68. The first-order chi connectivity index (χ1) is 11.0. The minimum absolute atomic E-state index is 0.349. The van der Waals surface area contributed by atoms with Crippen LogP contribution in [0.4, 0.5) is 5.69 Å². The van der Waals surface area contributed by atoms with Crippen LogP contribution in [0.3, 0.4) is 0 Å². The third-order valence-electron chi connectivity index (χ3n) is 3.76. The van der Waals surface area contributed by atoms with Gasteiger partial charge in [-0.05, 0) is 12.1 Å². The lowest BCUT2D eigenvalue weighted by Gasteiger charge is -2.09. The molecular weight excluding hydrogens is 318 g/mol. The normalized spacial score (nSPS) is 11.1. The molecule has 0 saturated carbocycles. The molecule has 7 nitrogen and oxygen atoms in total. The lowest BCUT2D eigenvalue weighted by atomic mass is 10.3. The van der Waals surface area contributed by atoms with Crippen LogP contribution in [-0.2, 0) is 20.6 Å². The molecule has 0 amide bonds. The number of aryl methyl sites for hydroxylation is 1. The monoisotopic (exact) mass is 333 g/mol. The zero-order valence-electron chi connectivity index (χ0n) is 12.8. The van der Waals surface area contributed by atoms with Crippen LogP contribution in [0.2, 0.25) is 5.02 Å². The first kappa shape index (κ1) is 15.4. The van der Waals surface area contributed by atoms with Crippen molar-refractivity contribution in [3.8, 4) is 0 Å². The van der Waals surface area contributed by atoms with Gasteiger partial charge in [-0.2, -0.15) is 0 Å². The van der Waals surface area contributed by atoms with Gasteiger partial charge in [-0.25, -0.2) is 9.78 Å². The van der Waals surface area contributed by atoms with Crippen LogP contribution in [0.15, 0.2) is 40.2 Å². The molecule has 3 aromatic rings. The van der Waals surface area contributed by atoms with Crippen LogP contribution in [0.1, 0.15) is 0 Å². The van der Waals surface area contributed by atoms with E-state index < -0.39 is 0 Å². The molecule has 0 saturated heterocycles. The smallest absolute Gasteiger partial charge is 0.332 e. The number of nitrogens with zero attached hydrogens (tertiary/aromatic N) is 4. The third kappa shape index (κ3) is 2.63. The number of aromatic nitrogens is 4. The maximum Gasteiger partial charge on any atom is 0.332 e. The van der Waals surface area contributed by atoms with E-state index in [1.165, 1.54) is 11.6 Å². The lowest BCUT2D eigenvalue weighted by Crippen LogP contribution is -2.37. The van der Waals surface area contributed by atoms with Gasteiger partial charge >= 0.3 is 5.69 Å². The molecule has 0 atom stereocenters. The Morgan fingerprint density at radius 1 is 1.17 bits per heavy atom. The predicted octanol–water partition coefficient (Wildman–Crippen LogP) is 1.20. The number of nitrogens with one attached hydrogen (secondary N) is 1. The lowest BCUT2D eigenvalue weighted by molar-refractivity contribution is 0.695. The van der Waals surface area contributed by atoms with E-state index in [1.54, 1.807) is 17.9 Å². The molecule has 0 unspecified atom stereocenters. The summed E-state index contributed by atoms with van der Waals surface area (Å²) in [5.41, 5.74) is 0.894. The van der Waals surface area contributed by atoms with Crippen LogP contribution in [0, 0.1) is 0 Å². The molecule has 2 heterocycles. The summed E-state index contributed by atoms with van der Waals surface area (Å²) in [7, 11) is 3.06. The minimum Gasteiger partial charge on any atom is -0.382 e. The van der Waals surface area contributed by atoms with Crippen molar-refractivity contribution in [2.45, 2.75) is 6.54 Å². The molecule has 0 fully saturated rings. The number of imidazole rings is 1. The van der Waals surface area contributed by atoms with Crippen molar-refractivity contribution >= 4 is 28.5 Å². The SMILES string of the molecule is Cn1c(=O)c2c(ncn2CCNc2ccccc2Cl)n(C)c1=O. The number of benzene rings is 1. The van der Waals surface area contributed by atoms with Crippen molar-refractivity contribution < 1.29 is 0 Å². The Bertz CT molecular complexity index is 986. The van der Waals surface area contributed by atoms with E-state index in [2.05, 4.69) is 10.3 Å². The fraction of sp³-hybridized carbons (Fsp3) is 0.267. The van der Waals surface area contributed by atoms with Crippen LogP contribution < -0.4 is 16.6 Å². The Kier molecular flexibility index (Phi) is 3.96. The number of hydrogen-bond donors (Lipinski definition) is 1. The second-order valence-corrected chi connectivity index (χ2v) is 5.63. The maximum absolute atomic E-state index is 12.3. The Morgan fingerprint density at radius 2 is 1.91 bits per heavy atom. The summed E-state index contributed by atoms with van der Waals surface area (Å²) >= 11 is 6.09. The molecule has 23 heavy (non-hydrogen) atoms. The fourth-order valence-electron chi connectivity index (χ4n) is 2.48. The summed E-state index contributed by atoms with van der Waals surface area (Å²) < 4.78 is 4.19. The Labute approximate surface area is 136 Å². The molecule has 120 valence electrons. The zero-order chi connectivity index (χ0) is 16.6. The molecule has 1 aromatic carbocycles. The van der Waals surface area contributed by atoms with Gasteiger partial charge in [-0.3, -0.25) is 13.9 Å². The molecule has 0 bridgehead atoms. The number of halogens is 1. The van der Waals surface area contributed by atoms with Crippen LogP contribution in [0.5, 0.6) is 0 Å². The summed E-state index contributed by atoms with van der Waals surface area (Å²) in [4.78, 5) is 28.4. The van der Waals surface area contributed by atoms with Gasteiger partial charge in [0.25, 0.3) is 5.56 Å². The van der Waals surface area contributed by atoms with E-state index in [0.29, 0.717) is 29.3 Å². The van der Waals surface area contributed by atoms with E-state index >= 15 is 0 Å². The largest absolute Gasteiger partial charge is 0.382 e. The first-order valence-corrected chi connectivity index (χ1v) is 7.47. The highest BCUT2D eigenvalue weighted by molar-refractivity contribution is 6.33. The maximum atomic E-state index is 12.3. The molecule has 0 aliphatic carbocycles. The highest BCUT2D eigenvalue weighted by Crippen LogP contribution is 2.20. The second kappa shape index (κ2) is 5.92. The van der Waals surface area contributed by atoms with Gasteiger partial charge in [-0.1, -0.05) is 23.7 Å². The summed E-state index contributed by atoms with van der Waals surface area (Å²) in [5.74, 6) is 0.